The van der Waals surface area contributed by atoms with Crippen molar-refractivity contribution in [1.29, 1.82) is 0 Å². The van der Waals surface area contributed by atoms with Crippen LogP contribution in [-0.2, 0) is 32.6 Å². The smallest absolute Gasteiger partial charge is 0.264 e. The van der Waals surface area contributed by atoms with E-state index in [1.54, 1.807) is 12.1 Å². The van der Waals surface area contributed by atoms with E-state index in [0.29, 0.717) is 10.7 Å². The normalized spacial score (nSPS) is 11.9. The zero-order valence-electron chi connectivity index (χ0n) is 24.7. The van der Waals surface area contributed by atoms with Crippen molar-refractivity contribution in [3.8, 4) is 0 Å². The summed E-state index contributed by atoms with van der Waals surface area (Å²) < 4.78 is 29.3. The monoisotopic (exact) mass is 617 g/mol. The van der Waals surface area contributed by atoms with Crippen molar-refractivity contribution >= 4 is 39.1 Å². The summed E-state index contributed by atoms with van der Waals surface area (Å²) in [4.78, 5) is 29.3. The number of amides is 2. The van der Waals surface area contributed by atoms with Crippen molar-refractivity contribution < 1.29 is 18.0 Å². The molecule has 0 aromatic heterocycles. The summed E-state index contributed by atoms with van der Waals surface area (Å²) in [6.45, 7) is 5.37. The third kappa shape index (κ3) is 7.63. The molecule has 0 fully saturated rings. The molecule has 0 radical (unpaired) electrons. The zero-order valence-corrected chi connectivity index (χ0v) is 26.3. The predicted octanol–water partition coefficient (Wildman–Crippen LogP) is 5.85. The van der Waals surface area contributed by atoms with E-state index in [4.69, 9.17) is 11.6 Å². The SMILES string of the molecule is CNC(=O)C(Cc1ccccc1)N(Cc1ccccc1C)C(=O)CN(c1ccc(C)c(C)c1)S(=O)(=O)c1ccc(Cl)cc1. The van der Waals surface area contributed by atoms with Gasteiger partial charge in [0, 0.05) is 25.0 Å². The maximum atomic E-state index is 14.4. The van der Waals surface area contributed by atoms with E-state index >= 15 is 0 Å². The molecule has 7 nitrogen and oxygen atoms in total. The Morgan fingerprint density at radius 3 is 2.09 bits per heavy atom. The van der Waals surface area contributed by atoms with Crippen LogP contribution in [0.5, 0.6) is 0 Å². The molecule has 0 saturated heterocycles. The molecule has 1 atom stereocenters. The molecular formula is C34H36ClN3O4S. The number of benzene rings is 4. The first-order valence-electron chi connectivity index (χ1n) is 14.0. The molecule has 4 aromatic carbocycles. The summed E-state index contributed by atoms with van der Waals surface area (Å²) in [7, 11) is -2.66. The predicted molar refractivity (Wildman–Crippen MR) is 172 cm³/mol. The number of hydrogen-bond acceptors (Lipinski definition) is 4. The number of nitrogens with one attached hydrogen (secondary N) is 1. The van der Waals surface area contributed by atoms with Crippen LogP contribution in [-0.4, -0.2) is 44.8 Å². The number of hydrogen-bond donors (Lipinski definition) is 1. The van der Waals surface area contributed by atoms with Crippen LogP contribution in [0.3, 0.4) is 0 Å². The fourth-order valence-electron chi connectivity index (χ4n) is 4.83. The van der Waals surface area contributed by atoms with Crippen molar-refractivity contribution in [3.05, 3.63) is 130 Å². The Kier molecular flexibility index (Phi) is 10.3. The first-order chi connectivity index (χ1) is 20.5. The van der Waals surface area contributed by atoms with Gasteiger partial charge in [-0.2, -0.15) is 0 Å². The van der Waals surface area contributed by atoms with Gasteiger partial charge in [-0.1, -0.05) is 72.3 Å². The van der Waals surface area contributed by atoms with E-state index in [-0.39, 0.29) is 23.8 Å². The number of sulfonamides is 1. The molecule has 9 heteroatoms. The number of halogens is 1. The first-order valence-corrected chi connectivity index (χ1v) is 15.8. The van der Waals surface area contributed by atoms with Crippen molar-refractivity contribution in [2.24, 2.45) is 0 Å². The molecular weight excluding hydrogens is 582 g/mol. The Morgan fingerprint density at radius 1 is 0.814 bits per heavy atom. The molecule has 0 aliphatic heterocycles. The van der Waals surface area contributed by atoms with Crippen LogP contribution < -0.4 is 9.62 Å². The summed E-state index contributed by atoms with van der Waals surface area (Å²) in [5.41, 5.74) is 4.90. The summed E-state index contributed by atoms with van der Waals surface area (Å²) in [6, 6.07) is 27.3. The lowest BCUT2D eigenvalue weighted by molar-refractivity contribution is -0.139. The minimum Gasteiger partial charge on any atom is -0.357 e. The zero-order chi connectivity index (χ0) is 31.1. The van der Waals surface area contributed by atoms with E-state index in [1.165, 1.54) is 36.2 Å². The molecule has 1 N–H and O–H groups in total. The number of anilines is 1. The average molecular weight is 618 g/mol. The Bertz CT molecular complexity index is 1690. The Hall–Kier alpha value is -4.14. The standard InChI is InChI=1S/C34H36ClN3O4S/c1-24-14-17-30(20-26(24)3)38(43(41,42)31-18-15-29(35)16-19-31)23-33(39)37(22-28-13-9-8-10-25(28)2)32(34(40)36-4)21-27-11-6-5-7-12-27/h5-20,32H,21-23H2,1-4H3,(H,36,40). The molecule has 0 saturated carbocycles. The highest BCUT2D eigenvalue weighted by Gasteiger charge is 2.34. The van der Waals surface area contributed by atoms with Crippen LogP contribution in [0.15, 0.2) is 102 Å². The maximum Gasteiger partial charge on any atom is 0.264 e. The van der Waals surface area contributed by atoms with Crippen LogP contribution >= 0.6 is 11.6 Å². The average Bonchev–Trinajstić information content (AvgIpc) is 3.00. The molecule has 43 heavy (non-hydrogen) atoms. The topological polar surface area (TPSA) is 86.8 Å². The molecule has 0 heterocycles. The largest absolute Gasteiger partial charge is 0.357 e. The van der Waals surface area contributed by atoms with Crippen LogP contribution in [0.2, 0.25) is 5.02 Å². The fraction of sp³-hybridized carbons (Fsp3) is 0.235. The van der Waals surface area contributed by atoms with Gasteiger partial charge < -0.3 is 10.2 Å². The summed E-state index contributed by atoms with van der Waals surface area (Å²) in [6.07, 6.45) is 0.256. The second-order valence-corrected chi connectivity index (χ2v) is 12.8. The summed E-state index contributed by atoms with van der Waals surface area (Å²) in [5.74, 6) is -0.854. The van der Waals surface area contributed by atoms with Gasteiger partial charge in [-0.25, -0.2) is 8.42 Å². The lowest BCUT2D eigenvalue weighted by Crippen LogP contribution is -2.53. The molecule has 4 aromatic rings. The second-order valence-electron chi connectivity index (χ2n) is 10.5. The Morgan fingerprint density at radius 2 is 1.47 bits per heavy atom. The van der Waals surface area contributed by atoms with E-state index in [2.05, 4.69) is 5.32 Å². The number of rotatable bonds is 11. The van der Waals surface area contributed by atoms with Gasteiger partial charge in [-0.15, -0.1) is 0 Å². The first kappa shape index (κ1) is 31.8. The molecule has 0 aliphatic rings. The number of nitrogens with zero attached hydrogens (tertiary/aromatic N) is 2. The van der Waals surface area contributed by atoms with E-state index in [9.17, 15) is 18.0 Å². The number of likely N-dealkylation sites (N-methyl/N-ethyl adjacent to an activating group) is 1. The molecule has 224 valence electrons. The van der Waals surface area contributed by atoms with Gasteiger partial charge in [0.1, 0.15) is 12.6 Å². The number of carbonyl (C=O) groups is 2. The van der Waals surface area contributed by atoms with Crippen LogP contribution in [0.4, 0.5) is 5.69 Å². The molecule has 0 aliphatic carbocycles. The van der Waals surface area contributed by atoms with Crippen LogP contribution in [0.1, 0.15) is 27.8 Å². The highest BCUT2D eigenvalue weighted by atomic mass is 35.5. The van der Waals surface area contributed by atoms with E-state index in [1.807, 2.05) is 81.4 Å². The Balaban J connectivity index is 1.81. The Labute approximate surface area is 259 Å². The summed E-state index contributed by atoms with van der Waals surface area (Å²) in [5, 5.41) is 3.10. The highest BCUT2D eigenvalue weighted by molar-refractivity contribution is 7.92. The van der Waals surface area contributed by atoms with Gasteiger partial charge in [0.05, 0.1) is 10.6 Å². The fourth-order valence-corrected chi connectivity index (χ4v) is 6.37. The third-order valence-electron chi connectivity index (χ3n) is 7.58. The van der Waals surface area contributed by atoms with Crippen molar-refractivity contribution in [2.75, 3.05) is 17.9 Å². The van der Waals surface area contributed by atoms with Gasteiger partial charge in [-0.05, 0) is 85.0 Å². The maximum absolute atomic E-state index is 14.4. The third-order valence-corrected chi connectivity index (χ3v) is 9.62. The minimum atomic E-state index is -4.19. The highest BCUT2D eigenvalue weighted by Crippen LogP contribution is 2.28. The molecule has 1 unspecified atom stereocenters. The van der Waals surface area contributed by atoms with Gasteiger partial charge >= 0.3 is 0 Å². The van der Waals surface area contributed by atoms with Gasteiger partial charge in [0.2, 0.25) is 11.8 Å². The van der Waals surface area contributed by atoms with Gasteiger partial charge in [0.25, 0.3) is 10.0 Å². The lowest BCUT2D eigenvalue weighted by atomic mass is 10.0. The second kappa shape index (κ2) is 13.9. The van der Waals surface area contributed by atoms with Crippen molar-refractivity contribution in [3.63, 3.8) is 0 Å². The quantitative estimate of drug-likeness (QED) is 0.229. The molecule has 2 amide bonds. The number of carbonyl (C=O) groups excluding carboxylic acids is 2. The summed E-state index contributed by atoms with van der Waals surface area (Å²) >= 11 is 6.05. The van der Waals surface area contributed by atoms with Crippen molar-refractivity contribution in [1.82, 2.24) is 10.2 Å². The molecule has 0 bridgehead atoms. The van der Waals surface area contributed by atoms with E-state index < -0.39 is 28.5 Å². The minimum absolute atomic E-state index is 0.000480. The molecule has 0 spiro atoms. The van der Waals surface area contributed by atoms with Gasteiger partial charge in [-0.3, -0.25) is 13.9 Å². The number of aryl methyl sites for hydroxylation is 3. The van der Waals surface area contributed by atoms with E-state index in [0.717, 1.165) is 32.1 Å². The van der Waals surface area contributed by atoms with Crippen LogP contribution in [0, 0.1) is 20.8 Å². The van der Waals surface area contributed by atoms with Crippen molar-refractivity contribution in [2.45, 2.75) is 44.7 Å². The van der Waals surface area contributed by atoms with Gasteiger partial charge in [0.15, 0.2) is 0 Å². The lowest BCUT2D eigenvalue weighted by Gasteiger charge is -2.34. The van der Waals surface area contributed by atoms with Crippen LogP contribution in [0.25, 0.3) is 0 Å². The molecule has 4 rings (SSSR count).